The van der Waals surface area contributed by atoms with Crippen LogP contribution in [0.25, 0.3) is 11.1 Å². The molecule has 144 valence electrons. The number of oxazole rings is 1. The van der Waals surface area contributed by atoms with Gasteiger partial charge in [-0.15, -0.1) is 0 Å². The number of para-hydroxylation sites is 1. The minimum absolute atomic E-state index is 0.284. The summed E-state index contributed by atoms with van der Waals surface area (Å²) >= 11 is 0. The highest BCUT2D eigenvalue weighted by Gasteiger charge is 2.26. The lowest BCUT2D eigenvalue weighted by Gasteiger charge is -2.28. The Balaban J connectivity index is 1.60. The predicted octanol–water partition coefficient (Wildman–Crippen LogP) is 2.28. The van der Waals surface area contributed by atoms with Gasteiger partial charge in [0.05, 0.1) is 29.9 Å². The largest absolute Gasteiger partial charge is 0.450 e. The number of nitrogens with one attached hydrogen (secondary N) is 2. The number of hydrogen-bond donors (Lipinski definition) is 2. The fourth-order valence-corrected chi connectivity index (χ4v) is 3.32. The summed E-state index contributed by atoms with van der Waals surface area (Å²) in [6, 6.07) is 5.05. The first-order valence-corrected chi connectivity index (χ1v) is 8.87. The van der Waals surface area contributed by atoms with Crippen molar-refractivity contribution < 1.29 is 18.7 Å². The SMILES string of the molecule is CCOC(=O)N1CCc2c(cncc2C(=O)Nc2cccc3[nH]c(=O)oc23)C1. The van der Waals surface area contributed by atoms with E-state index in [0.29, 0.717) is 42.9 Å². The summed E-state index contributed by atoms with van der Waals surface area (Å²) in [4.78, 5) is 44.5. The maximum absolute atomic E-state index is 12.9. The van der Waals surface area contributed by atoms with Gasteiger partial charge in [0.1, 0.15) is 0 Å². The molecule has 28 heavy (non-hydrogen) atoms. The van der Waals surface area contributed by atoms with Gasteiger partial charge in [-0.2, -0.15) is 0 Å². The Morgan fingerprint density at radius 1 is 1.36 bits per heavy atom. The van der Waals surface area contributed by atoms with Gasteiger partial charge in [0, 0.05) is 18.9 Å². The van der Waals surface area contributed by atoms with Crippen LogP contribution in [0.2, 0.25) is 0 Å². The van der Waals surface area contributed by atoms with Crippen LogP contribution in [0.1, 0.15) is 28.4 Å². The number of rotatable bonds is 3. The number of carbonyl (C=O) groups excluding carboxylic acids is 2. The predicted molar refractivity (Wildman–Crippen MR) is 100 cm³/mol. The number of pyridine rings is 1. The average molecular weight is 382 g/mol. The second kappa shape index (κ2) is 7.18. The van der Waals surface area contributed by atoms with E-state index < -0.39 is 5.76 Å². The maximum atomic E-state index is 12.9. The van der Waals surface area contributed by atoms with Crippen LogP contribution < -0.4 is 11.1 Å². The van der Waals surface area contributed by atoms with Gasteiger partial charge in [0.15, 0.2) is 5.58 Å². The van der Waals surface area contributed by atoms with Crippen LogP contribution >= 0.6 is 0 Å². The number of amides is 2. The summed E-state index contributed by atoms with van der Waals surface area (Å²) in [7, 11) is 0. The van der Waals surface area contributed by atoms with Crippen molar-refractivity contribution in [2.24, 2.45) is 0 Å². The van der Waals surface area contributed by atoms with E-state index >= 15 is 0 Å². The first-order chi connectivity index (χ1) is 13.6. The molecule has 0 unspecified atom stereocenters. The van der Waals surface area contributed by atoms with Crippen LogP contribution in [0, 0.1) is 0 Å². The number of fused-ring (bicyclic) bond motifs is 2. The molecule has 0 saturated heterocycles. The monoisotopic (exact) mass is 382 g/mol. The summed E-state index contributed by atoms with van der Waals surface area (Å²) in [5.41, 5.74) is 3.25. The number of hydrogen-bond acceptors (Lipinski definition) is 6. The first kappa shape index (κ1) is 17.8. The van der Waals surface area contributed by atoms with E-state index in [4.69, 9.17) is 9.15 Å². The number of carbonyl (C=O) groups is 2. The summed E-state index contributed by atoms with van der Waals surface area (Å²) in [6.45, 7) is 2.86. The molecule has 3 aromatic rings. The fourth-order valence-electron chi connectivity index (χ4n) is 3.32. The minimum atomic E-state index is -0.588. The molecule has 0 spiro atoms. The highest BCUT2D eigenvalue weighted by molar-refractivity contribution is 6.08. The third kappa shape index (κ3) is 3.22. The molecule has 3 heterocycles. The van der Waals surface area contributed by atoms with Crippen molar-refractivity contribution in [2.45, 2.75) is 19.9 Å². The van der Waals surface area contributed by atoms with E-state index in [-0.39, 0.29) is 17.6 Å². The summed E-state index contributed by atoms with van der Waals surface area (Å²) in [5.74, 6) is -0.945. The molecule has 1 aliphatic heterocycles. The second-order valence-corrected chi connectivity index (χ2v) is 6.35. The highest BCUT2D eigenvalue weighted by Crippen LogP contribution is 2.25. The topological polar surface area (TPSA) is 118 Å². The summed E-state index contributed by atoms with van der Waals surface area (Å²) < 4.78 is 10.2. The smallest absolute Gasteiger partial charge is 0.417 e. The Labute approximate surface area is 159 Å². The molecule has 1 aromatic carbocycles. The van der Waals surface area contributed by atoms with E-state index in [9.17, 15) is 14.4 Å². The molecule has 2 amide bonds. The molecule has 4 rings (SSSR count). The molecule has 0 radical (unpaired) electrons. The lowest BCUT2D eigenvalue weighted by atomic mass is 9.97. The van der Waals surface area contributed by atoms with Crippen molar-refractivity contribution in [3.63, 3.8) is 0 Å². The first-order valence-electron chi connectivity index (χ1n) is 8.87. The molecule has 0 bridgehead atoms. The third-order valence-electron chi connectivity index (χ3n) is 4.61. The normalized spacial score (nSPS) is 13.2. The third-order valence-corrected chi connectivity index (χ3v) is 4.61. The summed E-state index contributed by atoms with van der Waals surface area (Å²) in [5, 5.41) is 2.78. The number of ether oxygens (including phenoxy) is 1. The zero-order valence-corrected chi connectivity index (χ0v) is 15.2. The van der Waals surface area contributed by atoms with Gasteiger partial charge in [-0.1, -0.05) is 6.07 Å². The quantitative estimate of drug-likeness (QED) is 0.718. The molecule has 9 heteroatoms. The van der Waals surface area contributed by atoms with Crippen LogP contribution in [0.15, 0.2) is 39.8 Å². The van der Waals surface area contributed by atoms with E-state index in [1.807, 2.05) is 0 Å². The molecule has 2 N–H and O–H groups in total. The Kier molecular flexibility index (Phi) is 4.56. The van der Waals surface area contributed by atoms with Crippen molar-refractivity contribution in [3.05, 3.63) is 57.8 Å². The molecule has 0 fully saturated rings. The molecular formula is C19H18N4O5. The van der Waals surface area contributed by atoms with Crippen molar-refractivity contribution in [3.8, 4) is 0 Å². The van der Waals surface area contributed by atoms with Crippen LogP contribution in [-0.4, -0.2) is 40.0 Å². The van der Waals surface area contributed by atoms with Crippen LogP contribution in [0.3, 0.4) is 0 Å². The molecule has 0 saturated carbocycles. The zero-order valence-electron chi connectivity index (χ0n) is 15.2. The minimum Gasteiger partial charge on any atom is -0.450 e. The highest BCUT2D eigenvalue weighted by atomic mass is 16.6. The van der Waals surface area contributed by atoms with E-state index in [0.717, 1.165) is 11.1 Å². The Bertz CT molecular complexity index is 1120. The molecular weight excluding hydrogens is 364 g/mol. The van der Waals surface area contributed by atoms with Gasteiger partial charge in [0.2, 0.25) is 0 Å². The van der Waals surface area contributed by atoms with Gasteiger partial charge < -0.3 is 19.4 Å². The fraction of sp³-hybridized carbons (Fsp3) is 0.263. The number of nitrogens with zero attached hydrogens (tertiary/aromatic N) is 2. The average Bonchev–Trinajstić information content (AvgIpc) is 3.08. The van der Waals surface area contributed by atoms with E-state index in [1.54, 1.807) is 36.2 Å². The van der Waals surface area contributed by atoms with Crippen molar-refractivity contribution in [1.29, 1.82) is 0 Å². The number of aromatic amines is 1. The van der Waals surface area contributed by atoms with E-state index in [2.05, 4.69) is 15.3 Å². The molecule has 9 nitrogen and oxygen atoms in total. The maximum Gasteiger partial charge on any atom is 0.417 e. The second-order valence-electron chi connectivity index (χ2n) is 6.35. The van der Waals surface area contributed by atoms with Crippen LogP contribution in [0.4, 0.5) is 10.5 Å². The molecule has 2 aromatic heterocycles. The summed E-state index contributed by atoms with van der Waals surface area (Å²) in [6.07, 6.45) is 3.30. The Morgan fingerprint density at radius 2 is 2.21 bits per heavy atom. The molecule has 0 atom stereocenters. The van der Waals surface area contributed by atoms with Crippen molar-refractivity contribution in [1.82, 2.24) is 14.9 Å². The van der Waals surface area contributed by atoms with E-state index in [1.165, 1.54) is 6.20 Å². The van der Waals surface area contributed by atoms with Crippen LogP contribution in [0.5, 0.6) is 0 Å². The Morgan fingerprint density at radius 3 is 3.04 bits per heavy atom. The lowest BCUT2D eigenvalue weighted by Crippen LogP contribution is -2.37. The van der Waals surface area contributed by atoms with Crippen molar-refractivity contribution >= 4 is 28.8 Å². The number of aromatic nitrogens is 2. The van der Waals surface area contributed by atoms with Gasteiger partial charge >= 0.3 is 11.8 Å². The number of H-pyrrole nitrogens is 1. The lowest BCUT2D eigenvalue weighted by molar-refractivity contribution is 0.101. The number of benzene rings is 1. The van der Waals surface area contributed by atoms with Gasteiger partial charge in [-0.05, 0) is 36.6 Å². The Hall–Kier alpha value is -3.62. The van der Waals surface area contributed by atoms with Gasteiger partial charge in [0.25, 0.3) is 5.91 Å². The standard InChI is InChI=1S/C19H18N4O5/c1-2-27-19(26)23-7-6-12-11(10-23)8-20-9-13(12)17(24)21-14-4-3-5-15-16(14)28-18(25)22-15/h3-5,8-9H,2,6-7,10H2,1H3,(H,21,24)(H,22,25). The zero-order chi connectivity index (χ0) is 19.7. The molecule has 0 aliphatic carbocycles. The molecule has 1 aliphatic rings. The van der Waals surface area contributed by atoms with Gasteiger partial charge in [-0.3, -0.25) is 14.8 Å². The van der Waals surface area contributed by atoms with Crippen molar-refractivity contribution in [2.75, 3.05) is 18.5 Å². The number of anilines is 1. The van der Waals surface area contributed by atoms with Gasteiger partial charge in [-0.25, -0.2) is 9.59 Å². The van der Waals surface area contributed by atoms with Crippen LogP contribution in [-0.2, 0) is 17.7 Å².